The molecule has 33 heavy (non-hydrogen) atoms. The van der Waals surface area contributed by atoms with Crippen LogP contribution in [0.15, 0.2) is 34.9 Å². The number of para-hydroxylation sites is 1. The minimum atomic E-state index is -4.51. The third-order valence-electron chi connectivity index (χ3n) is 5.31. The summed E-state index contributed by atoms with van der Waals surface area (Å²) in [4.78, 5) is 13.9. The van der Waals surface area contributed by atoms with E-state index in [1.165, 1.54) is 16.6 Å². The first-order valence-electron chi connectivity index (χ1n) is 10.1. The maximum Gasteiger partial charge on any atom is 0.418 e. The molecule has 0 spiro atoms. The van der Waals surface area contributed by atoms with Crippen molar-refractivity contribution < 1.29 is 21.6 Å². The second kappa shape index (κ2) is 9.00. The van der Waals surface area contributed by atoms with Crippen molar-refractivity contribution in [3.8, 4) is 0 Å². The fraction of sp³-hybridized carbons (Fsp3) is 0.421. The van der Waals surface area contributed by atoms with Crippen molar-refractivity contribution in [1.82, 2.24) is 24.2 Å². The summed E-state index contributed by atoms with van der Waals surface area (Å²) in [5, 5.41) is 3.66. The highest BCUT2D eigenvalue weighted by Crippen LogP contribution is 2.35. The monoisotopic (exact) mass is 501 g/mol. The van der Waals surface area contributed by atoms with Crippen LogP contribution in [-0.4, -0.2) is 71.3 Å². The Morgan fingerprint density at radius 3 is 2.55 bits per heavy atom. The predicted octanol–water partition coefficient (Wildman–Crippen LogP) is 2.49. The Balaban J connectivity index is 1.40. The number of halogens is 3. The molecule has 0 saturated carbocycles. The number of benzene rings is 1. The van der Waals surface area contributed by atoms with Crippen LogP contribution >= 0.6 is 11.3 Å². The van der Waals surface area contributed by atoms with Crippen LogP contribution in [0, 0.1) is 0 Å². The molecule has 1 saturated heterocycles. The van der Waals surface area contributed by atoms with Gasteiger partial charge in [0, 0.05) is 44.2 Å². The van der Waals surface area contributed by atoms with Crippen molar-refractivity contribution in [2.24, 2.45) is 0 Å². The number of fused-ring (bicyclic) bond motifs is 1. The molecule has 1 aliphatic rings. The second-order valence-corrected chi connectivity index (χ2v) is 10.9. The lowest BCUT2D eigenvalue weighted by atomic mass is 10.1. The summed E-state index contributed by atoms with van der Waals surface area (Å²) in [5.74, 6) is 0.322. The SMILES string of the molecule is CC(CN1CCN(S(=O)(=O)c2cnc(N)s2)CC1)Nc1ncnc2c(C(F)(F)F)cccc12. The standard InChI is InChI=1S/C19H22F3N7O2S2/c1-12(27-17-13-3-2-4-14(19(20,21)22)16(13)25-11-26-17)10-28-5-7-29(8-6-28)33(30,31)15-9-24-18(23)32-15/h2-4,9,11-12H,5-8,10H2,1H3,(H2,23,24)(H,25,26,27). The van der Waals surface area contributed by atoms with Crippen molar-refractivity contribution in [2.45, 2.75) is 23.4 Å². The van der Waals surface area contributed by atoms with Crippen LogP contribution in [0.4, 0.5) is 24.1 Å². The van der Waals surface area contributed by atoms with E-state index < -0.39 is 21.8 Å². The summed E-state index contributed by atoms with van der Waals surface area (Å²) in [6.07, 6.45) is -2.13. The number of nitrogens with zero attached hydrogens (tertiary/aromatic N) is 5. The van der Waals surface area contributed by atoms with Gasteiger partial charge in [0.2, 0.25) is 0 Å². The van der Waals surface area contributed by atoms with Crippen molar-refractivity contribution in [3.05, 3.63) is 36.3 Å². The number of alkyl halides is 3. The lowest BCUT2D eigenvalue weighted by Gasteiger charge is -2.35. The summed E-state index contributed by atoms with van der Waals surface area (Å²) in [5.41, 5.74) is 4.59. The molecule has 1 aromatic carbocycles. The Morgan fingerprint density at radius 2 is 1.91 bits per heavy atom. The molecule has 1 unspecified atom stereocenters. The zero-order valence-electron chi connectivity index (χ0n) is 17.6. The summed E-state index contributed by atoms with van der Waals surface area (Å²) in [7, 11) is -3.62. The summed E-state index contributed by atoms with van der Waals surface area (Å²) < 4.78 is 66.9. The molecule has 3 heterocycles. The first-order valence-corrected chi connectivity index (χ1v) is 12.3. The van der Waals surface area contributed by atoms with Gasteiger partial charge in [-0.1, -0.05) is 17.4 Å². The quantitative estimate of drug-likeness (QED) is 0.529. The molecular formula is C19H22F3N7O2S2. The molecule has 3 aromatic rings. The number of thiazole rings is 1. The van der Waals surface area contributed by atoms with Crippen LogP contribution < -0.4 is 11.1 Å². The van der Waals surface area contributed by atoms with E-state index in [0.29, 0.717) is 43.9 Å². The Morgan fingerprint density at radius 1 is 1.18 bits per heavy atom. The molecule has 0 amide bonds. The highest BCUT2D eigenvalue weighted by Gasteiger charge is 2.34. The van der Waals surface area contributed by atoms with Gasteiger partial charge >= 0.3 is 6.18 Å². The summed E-state index contributed by atoms with van der Waals surface area (Å²) in [6, 6.07) is 3.73. The average molecular weight is 502 g/mol. The van der Waals surface area contributed by atoms with Crippen LogP contribution in [0.3, 0.4) is 0 Å². The van der Waals surface area contributed by atoms with Crippen LogP contribution in [-0.2, 0) is 16.2 Å². The average Bonchev–Trinajstić information content (AvgIpc) is 3.20. The Kier molecular flexibility index (Phi) is 6.44. The molecule has 14 heteroatoms. The van der Waals surface area contributed by atoms with Crippen molar-refractivity contribution in [2.75, 3.05) is 43.8 Å². The molecule has 0 aliphatic carbocycles. The van der Waals surface area contributed by atoms with Crippen LogP contribution in [0.1, 0.15) is 12.5 Å². The van der Waals surface area contributed by atoms with Crippen molar-refractivity contribution in [3.63, 3.8) is 0 Å². The molecule has 3 N–H and O–H groups in total. The van der Waals surface area contributed by atoms with Gasteiger partial charge in [-0.05, 0) is 19.1 Å². The zero-order chi connectivity index (χ0) is 23.8. The fourth-order valence-corrected chi connectivity index (χ4v) is 6.26. The molecule has 178 valence electrons. The number of hydrogen-bond acceptors (Lipinski definition) is 9. The number of piperazine rings is 1. The van der Waals surface area contributed by atoms with Gasteiger partial charge in [0.05, 0.1) is 17.3 Å². The maximum atomic E-state index is 13.3. The number of sulfonamides is 1. The Bertz CT molecular complexity index is 1240. The van der Waals surface area contributed by atoms with Gasteiger partial charge in [-0.15, -0.1) is 0 Å². The highest BCUT2D eigenvalue weighted by molar-refractivity contribution is 7.91. The van der Waals surface area contributed by atoms with Gasteiger partial charge < -0.3 is 11.1 Å². The van der Waals surface area contributed by atoms with E-state index in [2.05, 4.69) is 25.2 Å². The number of nitrogens with two attached hydrogens (primary N) is 1. The van der Waals surface area contributed by atoms with Gasteiger partial charge in [-0.25, -0.2) is 23.4 Å². The smallest absolute Gasteiger partial charge is 0.375 e. The van der Waals surface area contributed by atoms with Crippen molar-refractivity contribution in [1.29, 1.82) is 0 Å². The van der Waals surface area contributed by atoms with E-state index >= 15 is 0 Å². The molecule has 0 bridgehead atoms. The van der Waals surface area contributed by atoms with Crippen LogP contribution in [0.2, 0.25) is 0 Å². The first-order chi connectivity index (χ1) is 15.6. The molecule has 2 aromatic heterocycles. The highest BCUT2D eigenvalue weighted by atomic mass is 32.2. The molecule has 1 aliphatic heterocycles. The van der Waals surface area contributed by atoms with Gasteiger partial charge in [-0.3, -0.25) is 4.90 Å². The van der Waals surface area contributed by atoms with E-state index in [-0.39, 0.29) is 20.9 Å². The molecular weight excluding hydrogens is 479 g/mol. The van der Waals surface area contributed by atoms with Gasteiger partial charge in [-0.2, -0.15) is 17.5 Å². The van der Waals surface area contributed by atoms with Gasteiger partial charge in [0.25, 0.3) is 10.0 Å². The largest absolute Gasteiger partial charge is 0.418 e. The Hall–Kier alpha value is -2.55. The third-order valence-corrected chi connectivity index (χ3v) is 8.48. The molecule has 1 fully saturated rings. The van der Waals surface area contributed by atoms with Gasteiger partial charge in [0.1, 0.15) is 12.1 Å². The second-order valence-electron chi connectivity index (χ2n) is 7.69. The van der Waals surface area contributed by atoms with Gasteiger partial charge in [0.15, 0.2) is 9.34 Å². The lowest BCUT2D eigenvalue weighted by Crippen LogP contribution is -2.50. The number of anilines is 2. The molecule has 9 nitrogen and oxygen atoms in total. The topological polar surface area (TPSA) is 117 Å². The van der Waals surface area contributed by atoms with E-state index in [1.807, 2.05) is 6.92 Å². The van der Waals surface area contributed by atoms with Crippen LogP contribution in [0.5, 0.6) is 0 Å². The minimum Gasteiger partial charge on any atom is -0.375 e. The number of hydrogen-bond donors (Lipinski definition) is 2. The number of nitrogens with one attached hydrogen (secondary N) is 1. The number of aromatic nitrogens is 3. The van der Waals surface area contributed by atoms with Crippen molar-refractivity contribution >= 4 is 43.2 Å². The summed E-state index contributed by atoms with van der Waals surface area (Å²) in [6.45, 7) is 4.12. The lowest BCUT2D eigenvalue weighted by molar-refractivity contribution is -0.136. The molecule has 4 rings (SSSR count). The predicted molar refractivity (Wildman–Crippen MR) is 119 cm³/mol. The normalized spacial score (nSPS) is 17.3. The number of nitrogen functional groups attached to an aromatic ring is 1. The third kappa shape index (κ3) is 5.03. The van der Waals surface area contributed by atoms with E-state index in [1.54, 1.807) is 6.07 Å². The van der Waals surface area contributed by atoms with Crippen LogP contribution in [0.25, 0.3) is 10.9 Å². The van der Waals surface area contributed by atoms with E-state index in [0.717, 1.165) is 23.7 Å². The zero-order valence-corrected chi connectivity index (χ0v) is 19.2. The van der Waals surface area contributed by atoms with E-state index in [9.17, 15) is 21.6 Å². The van der Waals surface area contributed by atoms with E-state index in [4.69, 9.17) is 5.73 Å². The maximum absolute atomic E-state index is 13.3. The summed E-state index contributed by atoms with van der Waals surface area (Å²) >= 11 is 0.935. The minimum absolute atomic E-state index is 0.123. The Labute approximate surface area is 192 Å². The first kappa shape index (κ1) is 23.6. The fourth-order valence-electron chi connectivity index (χ4n) is 3.77. The molecule has 0 radical (unpaired) electrons. The molecule has 1 atom stereocenters. The number of rotatable bonds is 6.